The quantitative estimate of drug-likeness (QED) is 0.752. The van der Waals surface area contributed by atoms with Gasteiger partial charge in [-0.15, -0.1) is 11.3 Å². The summed E-state index contributed by atoms with van der Waals surface area (Å²) in [6, 6.07) is 2.82. The third-order valence-electron chi connectivity index (χ3n) is 3.28. The zero-order valence-electron chi connectivity index (χ0n) is 10.9. The lowest BCUT2D eigenvalue weighted by Crippen LogP contribution is -2.62. The first-order valence-corrected chi connectivity index (χ1v) is 8.05. The number of aromatic nitrogens is 2. The maximum absolute atomic E-state index is 12.1. The van der Waals surface area contributed by atoms with Crippen LogP contribution in [0, 0.1) is 0 Å². The first-order valence-electron chi connectivity index (χ1n) is 6.44. The summed E-state index contributed by atoms with van der Waals surface area (Å²) in [5, 5.41) is 5.57. The molecule has 21 heavy (non-hydrogen) atoms. The molecule has 8 heteroatoms. The number of carbonyl (C=O) groups is 2. The Labute approximate surface area is 133 Å². The van der Waals surface area contributed by atoms with Gasteiger partial charge in [-0.05, 0) is 28.1 Å². The smallest absolute Gasteiger partial charge is 0.243 e. The van der Waals surface area contributed by atoms with Crippen molar-refractivity contribution in [2.24, 2.45) is 0 Å². The van der Waals surface area contributed by atoms with Crippen LogP contribution in [-0.2, 0) is 22.4 Å². The minimum atomic E-state index is -0.552. The maximum atomic E-state index is 12.1. The number of carbonyl (C=O) groups excluding carboxylic acids is 2. The fourth-order valence-electron chi connectivity index (χ4n) is 2.24. The van der Waals surface area contributed by atoms with Gasteiger partial charge in [-0.1, -0.05) is 0 Å². The third kappa shape index (κ3) is 3.33. The van der Waals surface area contributed by atoms with Crippen LogP contribution < -0.4 is 10.6 Å². The molecular weight excluding hydrogens is 356 g/mol. The normalized spacial score (nSPS) is 22.0. The molecule has 2 unspecified atom stereocenters. The average molecular weight is 369 g/mol. The summed E-state index contributed by atoms with van der Waals surface area (Å²) in [4.78, 5) is 32.1. The summed E-state index contributed by atoms with van der Waals surface area (Å²) >= 11 is 4.95. The number of amides is 2. The standard InChI is InChI=1S/C13H13BrN4O2S/c14-11-2-1-8(21-11)4-10-13(20)17-9(12(19)18-10)3-7-5-15-6-16-7/h1-2,5-6,9-10H,3-4H2,(H,15,16)(H,17,20)(H,18,19). The average Bonchev–Trinajstić information content (AvgIpc) is 3.07. The maximum Gasteiger partial charge on any atom is 0.243 e. The van der Waals surface area contributed by atoms with Gasteiger partial charge in [0.05, 0.1) is 10.1 Å². The number of nitrogens with zero attached hydrogens (tertiary/aromatic N) is 1. The molecule has 3 N–H and O–H groups in total. The van der Waals surface area contributed by atoms with Gasteiger partial charge < -0.3 is 15.6 Å². The highest BCUT2D eigenvalue weighted by Gasteiger charge is 2.34. The molecule has 1 aliphatic rings. The molecule has 0 aromatic carbocycles. The van der Waals surface area contributed by atoms with E-state index in [2.05, 4.69) is 36.5 Å². The first-order chi connectivity index (χ1) is 10.1. The number of nitrogens with one attached hydrogen (secondary N) is 3. The highest BCUT2D eigenvalue weighted by molar-refractivity contribution is 9.11. The van der Waals surface area contributed by atoms with Crippen LogP contribution >= 0.6 is 27.3 Å². The van der Waals surface area contributed by atoms with E-state index in [9.17, 15) is 9.59 Å². The van der Waals surface area contributed by atoms with E-state index in [1.807, 2.05) is 12.1 Å². The van der Waals surface area contributed by atoms with Gasteiger partial charge in [-0.2, -0.15) is 0 Å². The summed E-state index contributed by atoms with van der Waals surface area (Å²) in [6.07, 6.45) is 4.11. The Morgan fingerprint density at radius 1 is 1.14 bits per heavy atom. The Kier molecular flexibility index (Phi) is 4.07. The van der Waals surface area contributed by atoms with Gasteiger partial charge in [0.2, 0.25) is 11.8 Å². The van der Waals surface area contributed by atoms with Crippen LogP contribution in [0.3, 0.4) is 0 Å². The fourth-order valence-corrected chi connectivity index (χ4v) is 3.77. The number of aromatic amines is 1. The molecule has 2 aromatic heterocycles. The molecule has 1 aliphatic heterocycles. The van der Waals surface area contributed by atoms with Crippen LogP contribution in [-0.4, -0.2) is 33.9 Å². The van der Waals surface area contributed by atoms with Gasteiger partial charge in [-0.25, -0.2) is 4.98 Å². The van der Waals surface area contributed by atoms with E-state index in [0.717, 1.165) is 14.4 Å². The predicted octanol–water partition coefficient (Wildman–Crippen LogP) is 1.00. The molecule has 0 bridgehead atoms. The zero-order chi connectivity index (χ0) is 14.8. The minimum Gasteiger partial charge on any atom is -0.348 e. The van der Waals surface area contributed by atoms with Crippen LogP contribution in [0.25, 0.3) is 0 Å². The molecule has 110 valence electrons. The Morgan fingerprint density at radius 3 is 2.43 bits per heavy atom. The van der Waals surface area contributed by atoms with E-state index >= 15 is 0 Å². The molecule has 6 nitrogen and oxygen atoms in total. The summed E-state index contributed by atoms with van der Waals surface area (Å²) < 4.78 is 1.01. The molecule has 0 aliphatic carbocycles. The van der Waals surface area contributed by atoms with Crippen molar-refractivity contribution < 1.29 is 9.59 Å². The SMILES string of the molecule is O=C1NC(Cc2ccc(Br)s2)C(=O)NC1Cc1cnc[nH]1. The lowest BCUT2D eigenvalue weighted by molar-refractivity contribution is -0.136. The lowest BCUT2D eigenvalue weighted by Gasteiger charge is -2.29. The number of H-pyrrole nitrogens is 1. The Hall–Kier alpha value is -1.67. The fraction of sp³-hybridized carbons (Fsp3) is 0.308. The highest BCUT2D eigenvalue weighted by Crippen LogP contribution is 2.23. The van der Waals surface area contributed by atoms with E-state index in [1.54, 1.807) is 23.9 Å². The van der Waals surface area contributed by atoms with Gasteiger partial charge in [0, 0.05) is 29.6 Å². The Bertz CT molecular complexity index is 655. The number of thiophene rings is 1. The van der Waals surface area contributed by atoms with E-state index in [1.165, 1.54) is 0 Å². The third-order valence-corrected chi connectivity index (χ3v) is 4.92. The number of hydrogen-bond acceptors (Lipinski definition) is 4. The Morgan fingerprint density at radius 2 is 1.86 bits per heavy atom. The summed E-state index contributed by atoms with van der Waals surface area (Å²) in [5.74, 6) is -0.312. The van der Waals surface area contributed by atoms with Crippen LogP contribution in [0.2, 0.25) is 0 Å². The summed E-state index contributed by atoms with van der Waals surface area (Å²) in [7, 11) is 0. The van der Waals surface area contributed by atoms with Crippen molar-refractivity contribution in [2.45, 2.75) is 24.9 Å². The van der Waals surface area contributed by atoms with Crippen LogP contribution in [0.4, 0.5) is 0 Å². The highest BCUT2D eigenvalue weighted by atomic mass is 79.9. The molecule has 3 heterocycles. The number of hydrogen-bond donors (Lipinski definition) is 3. The van der Waals surface area contributed by atoms with Crippen molar-refractivity contribution in [3.8, 4) is 0 Å². The molecule has 0 radical (unpaired) electrons. The van der Waals surface area contributed by atoms with Crippen molar-refractivity contribution in [1.82, 2.24) is 20.6 Å². The van der Waals surface area contributed by atoms with Crippen molar-refractivity contribution in [3.63, 3.8) is 0 Å². The zero-order valence-corrected chi connectivity index (χ0v) is 13.3. The first kappa shape index (κ1) is 14.3. The lowest BCUT2D eigenvalue weighted by atomic mass is 10.0. The van der Waals surface area contributed by atoms with Crippen molar-refractivity contribution in [3.05, 3.63) is 39.0 Å². The molecule has 1 fully saturated rings. The molecule has 2 aromatic rings. The van der Waals surface area contributed by atoms with Crippen molar-refractivity contribution in [2.75, 3.05) is 0 Å². The Balaban J connectivity index is 1.63. The van der Waals surface area contributed by atoms with Crippen LogP contribution in [0.1, 0.15) is 10.6 Å². The molecule has 0 saturated carbocycles. The van der Waals surface area contributed by atoms with Gasteiger partial charge in [0.15, 0.2) is 0 Å². The number of imidazole rings is 1. The van der Waals surface area contributed by atoms with Gasteiger partial charge in [0.25, 0.3) is 0 Å². The second-order valence-corrected chi connectivity index (χ2v) is 7.36. The second-order valence-electron chi connectivity index (χ2n) is 4.81. The van der Waals surface area contributed by atoms with E-state index < -0.39 is 12.1 Å². The van der Waals surface area contributed by atoms with E-state index in [-0.39, 0.29) is 11.8 Å². The summed E-state index contributed by atoms with van der Waals surface area (Å²) in [6.45, 7) is 0. The number of rotatable bonds is 4. The van der Waals surface area contributed by atoms with Gasteiger partial charge in [-0.3, -0.25) is 9.59 Å². The second kappa shape index (κ2) is 5.98. The topological polar surface area (TPSA) is 86.9 Å². The molecule has 2 amide bonds. The molecule has 2 atom stereocenters. The molecule has 0 spiro atoms. The van der Waals surface area contributed by atoms with Crippen molar-refractivity contribution in [1.29, 1.82) is 0 Å². The molecular formula is C13H13BrN4O2S. The largest absolute Gasteiger partial charge is 0.348 e. The number of piperazine rings is 1. The minimum absolute atomic E-state index is 0.149. The van der Waals surface area contributed by atoms with Crippen molar-refractivity contribution >= 4 is 39.1 Å². The number of halogens is 1. The van der Waals surface area contributed by atoms with E-state index in [0.29, 0.717) is 12.8 Å². The molecule has 1 saturated heterocycles. The van der Waals surface area contributed by atoms with Crippen LogP contribution in [0.5, 0.6) is 0 Å². The monoisotopic (exact) mass is 368 g/mol. The van der Waals surface area contributed by atoms with Gasteiger partial charge >= 0.3 is 0 Å². The van der Waals surface area contributed by atoms with Gasteiger partial charge in [0.1, 0.15) is 12.1 Å². The van der Waals surface area contributed by atoms with E-state index in [4.69, 9.17) is 0 Å². The summed E-state index contributed by atoms with van der Waals surface area (Å²) in [5.41, 5.74) is 0.816. The van der Waals surface area contributed by atoms with Crippen LogP contribution in [0.15, 0.2) is 28.4 Å². The molecule has 3 rings (SSSR count). The predicted molar refractivity (Wildman–Crippen MR) is 81.9 cm³/mol.